The first-order valence-electron chi connectivity index (χ1n) is 13.1. The maximum Gasteiger partial charge on any atom is 0.391 e. The van der Waals surface area contributed by atoms with Crippen molar-refractivity contribution in [2.24, 2.45) is 5.92 Å². The normalized spacial score (nSPS) is 18.3. The van der Waals surface area contributed by atoms with E-state index in [1.54, 1.807) is 29.2 Å². The third-order valence-corrected chi connectivity index (χ3v) is 9.75. The lowest BCUT2D eigenvalue weighted by Gasteiger charge is -2.34. The number of imidazole rings is 1. The third kappa shape index (κ3) is 5.56. The van der Waals surface area contributed by atoms with Crippen LogP contribution in [0.5, 0.6) is 0 Å². The van der Waals surface area contributed by atoms with Crippen molar-refractivity contribution >= 4 is 56.0 Å². The zero-order chi connectivity index (χ0) is 28.9. The van der Waals surface area contributed by atoms with Crippen molar-refractivity contribution in [3.63, 3.8) is 0 Å². The van der Waals surface area contributed by atoms with Gasteiger partial charge in [0.1, 0.15) is 5.82 Å². The Kier molecular flexibility index (Phi) is 7.27. The van der Waals surface area contributed by atoms with Gasteiger partial charge in [0.25, 0.3) is 0 Å². The van der Waals surface area contributed by atoms with Gasteiger partial charge in [0, 0.05) is 42.5 Å². The van der Waals surface area contributed by atoms with Crippen LogP contribution in [0, 0.1) is 5.92 Å². The number of alkyl halides is 3. The number of halogens is 5. The van der Waals surface area contributed by atoms with Crippen LogP contribution >= 0.6 is 23.2 Å². The number of hydrogen-bond acceptors (Lipinski definition) is 7. The predicted molar refractivity (Wildman–Crippen MR) is 154 cm³/mol. The molecule has 0 atom stereocenters. The number of anilines is 2. The Morgan fingerprint density at radius 1 is 0.829 bits per heavy atom. The van der Waals surface area contributed by atoms with Crippen LogP contribution in [0.1, 0.15) is 12.8 Å². The minimum absolute atomic E-state index is 0.0397. The monoisotopic (exact) mass is 624 g/mol. The molecule has 4 aromatic rings. The molecular formula is C27H25Cl2F3N6O2S. The Bertz CT molecular complexity index is 1690. The molecule has 0 N–H and O–H groups in total. The average molecular weight is 626 g/mol. The van der Waals surface area contributed by atoms with E-state index in [4.69, 9.17) is 38.2 Å². The summed E-state index contributed by atoms with van der Waals surface area (Å²) in [4.78, 5) is 18.2. The van der Waals surface area contributed by atoms with Crippen molar-refractivity contribution in [3.05, 3.63) is 58.6 Å². The van der Waals surface area contributed by atoms with Crippen molar-refractivity contribution in [1.82, 2.24) is 19.5 Å². The molecular weight excluding hydrogens is 600 g/mol. The number of fused-ring (bicyclic) bond motifs is 1. The van der Waals surface area contributed by atoms with Crippen molar-refractivity contribution in [3.8, 4) is 17.1 Å². The lowest BCUT2D eigenvalue weighted by molar-refractivity contribution is -0.179. The highest BCUT2D eigenvalue weighted by Crippen LogP contribution is 2.39. The molecule has 2 aromatic heterocycles. The molecule has 2 fully saturated rings. The van der Waals surface area contributed by atoms with Crippen molar-refractivity contribution in [2.75, 3.05) is 47.5 Å². The van der Waals surface area contributed by atoms with Gasteiger partial charge in [-0.1, -0.05) is 35.3 Å². The van der Waals surface area contributed by atoms with Gasteiger partial charge in [0.05, 0.1) is 22.4 Å². The lowest BCUT2D eigenvalue weighted by Crippen LogP contribution is -2.42. The van der Waals surface area contributed by atoms with Crippen molar-refractivity contribution in [1.29, 1.82) is 0 Å². The van der Waals surface area contributed by atoms with Crippen LogP contribution < -0.4 is 9.80 Å². The molecule has 0 saturated carbocycles. The second kappa shape index (κ2) is 10.6. The summed E-state index contributed by atoms with van der Waals surface area (Å²) >= 11 is 12.8. The first-order chi connectivity index (χ1) is 19.5. The molecule has 4 heterocycles. The molecule has 41 heavy (non-hydrogen) atoms. The average Bonchev–Trinajstić information content (AvgIpc) is 3.32. The standard InChI is InChI=1S/C27H25Cl2F3N6O2S/c28-18-5-7-19(8-6-18)38-23(20-3-1-2-4-21(20)29)33-22-24(36-11-9-17(10-12-36)27(30,31)32)34-26(35-25(22)38)37-13-15-41(39,40)16-14-37/h1-8,17H,9-16H2. The Morgan fingerprint density at radius 2 is 1.49 bits per heavy atom. The Morgan fingerprint density at radius 3 is 2.12 bits per heavy atom. The van der Waals surface area contributed by atoms with E-state index < -0.39 is 21.9 Å². The Balaban J connectivity index is 1.56. The largest absolute Gasteiger partial charge is 0.391 e. The highest BCUT2D eigenvalue weighted by atomic mass is 35.5. The van der Waals surface area contributed by atoms with Crippen LogP contribution in [0.4, 0.5) is 24.9 Å². The minimum atomic E-state index is -4.26. The highest BCUT2D eigenvalue weighted by Gasteiger charge is 2.42. The van der Waals surface area contributed by atoms with Gasteiger partial charge < -0.3 is 9.80 Å². The predicted octanol–water partition coefficient (Wildman–Crippen LogP) is 5.80. The highest BCUT2D eigenvalue weighted by molar-refractivity contribution is 7.91. The van der Waals surface area contributed by atoms with Crippen LogP contribution in [0.25, 0.3) is 28.2 Å². The fraction of sp³-hybridized carbons (Fsp3) is 0.370. The smallest absolute Gasteiger partial charge is 0.355 e. The molecule has 6 rings (SSSR count). The SMILES string of the molecule is O=S1(=O)CCN(c2nc(N3CCC(C(F)(F)F)CC3)c3nc(-c4ccccc4Cl)n(-c4ccc(Cl)cc4)c3n2)CC1. The van der Waals surface area contributed by atoms with E-state index in [2.05, 4.69) is 0 Å². The van der Waals surface area contributed by atoms with Crippen LogP contribution in [0.15, 0.2) is 48.5 Å². The number of nitrogens with zero attached hydrogens (tertiary/aromatic N) is 6. The summed E-state index contributed by atoms with van der Waals surface area (Å²) in [6.07, 6.45) is -4.39. The summed E-state index contributed by atoms with van der Waals surface area (Å²) in [7, 11) is -3.17. The molecule has 14 heteroatoms. The number of hydrogen-bond donors (Lipinski definition) is 0. The Hall–Kier alpha value is -3.09. The van der Waals surface area contributed by atoms with E-state index in [-0.39, 0.29) is 50.5 Å². The van der Waals surface area contributed by atoms with E-state index in [0.717, 1.165) is 0 Å². The summed E-state index contributed by atoms with van der Waals surface area (Å²) in [5.74, 6) is -0.286. The number of aromatic nitrogens is 4. The first-order valence-corrected chi connectivity index (χ1v) is 15.7. The van der Waals surface area contributed by atoms with Gasteiger partial charge in [-0.2, -0.15) is 23.1 Å². The van der Waals surface area contributed by atoms with Gasteiger partial charge in [0.2, 0.25) is 5.95 Å². The van der Waals surface area contributed by atoms with E-state index >= 15 is 0 Å². The Labute approximate surface area is 244 Å². The summed E-state index contributed by atoms with van der Waals surface area (Å²) < 4.78 is 66.4. The fourth-order valence-corrected chi connectivity index (χ4v) is 6.83. The van der Waals surface area contributed by atoms with Gasteiger partial charge in [-0.25, -0.2) is 13.4 Å². The van der Waals surface area contributed by atoms with E-state index in [1.165, 1.54) is 0 Å². The number of rotatable bonds is 4. The zero-order valence-electron chi connectivity index (χ0n) is 21.7. The van der Waals surface area contributed by atoms with Crippen molar-refractivity contribution < 1.29 is 21.6 Å². The maximum atomic E-state index is 13.5. The number of piperidine rings is 1. The van der Waals surface area contributed by atoms with Gasteiger partial charge in [-0.05, 0) is 49.2 Å². The quantitative estimate of drug-likeness (QED) is 0.284. The number of benzene rings is 2. The summed E-state index contributed by atoms with van der Waals surface area (Å²) in [5, 5.41) is 0.996. The van der Waals surface area contributed by atoms with Gasteiger partial charge in [-0.3, -0.25) is 4.57 Å². The van der Waals surface area contributed by atoms with Gasteiger partial charge in [-0.15, -0.1) is 0 Å². The zero-order valence-corrected chi connectivity index (χ0v) is 24.0. The summed E-state index contributed by atoms with van der Waals surface area (Å²) in [6.45, 7) is 0.685. The molecule has 0 aliphatic carbocycles. The molecule has 2 aliphatic heterocycles. The maximum absolute atomic E-state index is 13.5. The number of sulfone groups is 1. The molecule has 0 bridgehead atoms. The summed E-state index contributed by atoms with van der Waals surface area (Å²) in [6, 6.07) is 14.3. The topological polar surface area (TPSA) is 84.2 Å². The second-order valence-electron chi connectivity index (χ2n) is 10.2. The molecule has 2 aliphatic rings. The van der Waals surface area contributed by atoms with Crippen LogP contribution in [0.2, 0.25) is 10.0 Å². The van der Waals surface area contributed by atoms with Gasteiger partial charge >= 0.3 is 6.18 Å². The molecule has 0 amide bonds. The molecule has 2 saturated heterocycles. The van der Waals surface area contributed by atoms with Crippen molar-refractivity contribution in [2.45, 2.75) is 19.0 Å². The van der Waals surface area contributed by atoms with Crippen LogP contribution in [-0.4, -0.2) is 71.8 Å². The minimum Gasteiger partial charge on any atom is -0.355 e. The molecule has 0 spiro atoms. The van der Waals surface area contributed by atoms with E-state index in [0.29, 0.717) is 50.1 Å². The van der Waals surface area contributed by atoms with Crippen LogP contribution in [0.3, 0.4) is 0 Å². The second-order valence-corrected chi connectivity index (χ2v) is 13.3. The van der Waals surface area contributed by atoms with E-state index in [9.17, 15) is 21.6 Å². The third-order valence-electron chi connectivity index (χ3n) is 7.56. The molecule has 2 aromatic carbocycles. The molecule has 216 valence electrons. The van der Waals surface area contributed by atoms with E-state index in [1.807, 2.05) is 33.7 Å². The fourth-order valence-electron chi connectivity index (χ4n) is 5.28. The van der Waals surface area contributed by atoms with Gasteiger partial charge in [0.15, 0.2) is 26.8 Å². The lowest BCUT2D eigenvalue weighted by atomic mass is 9.96. The van der Waals surface area contributed by atoms with Crippen LogP contribution in [-0.2, 0) is 9.84 Å². The summed E-state index contributed by atoms with van der Waals surface area (Å²) in [5.41, 5.74) is 2.16. The first kappa shape index (κ1) is 28.0. The molecule has 8 nitrogen and oxygen atoms in total. The molecule has 0 radical (unpaired) electrons. The molecule has 0 unspecified atom stereocenters.